The molecule has 0 bridgehead atoms. The Morgan fingerprint density at radius 3 is 2.44 bits per heavy atom. The third-order valence-corrected chi connectivity index (χ3v) is 3.12. The van der Waals surface area contributed by atoms with Crippen LogP contribution in [0, 0.1) is 0 Å². The van der Waals surface area contributed by atoms with Crippen LogP contribution in [0.3, 0.4) is 0 Å². The predicted molar refractivity (Wildman–Crippen MR) is 58.9 cm³/mol. The van der Waals surface area contributed by atoms with Gasteiger partial charge in [0, 0.05) is 7.05 Å². The van der Waals surface area contributed by atoms with E-state index in [0.29, 0.717) is 12.7 Å². The van der Waals surface area contributed by atoms with Crippen molar-refractivity contribution < 1.29 is 14.4 Å². The molecule has 1 N–H and O–H groups in total. The van der Waals surface area contributed by atoms with E-state index in [1.54, 1.807) is 0 Å². The lowest BCUT2D eigenvalue weighted by molar-refractivity contribution is -0.132. The van der Waals surface area contributed by atoms with Gasteiger partial charge in [-0.1, -0.05) is 32.6 Å². The highest BCUT2D eigenvalue weighted by Gasteiger charge is 2.50. The molecule has 1 fully saturated rings. The lowest BCUT2D eigenvalue weighted by atomic mass is 9.92. The molecule has 1 saturated heterocycles. The van der Waals surface area contributed by atoms with E-state index in [4.69, 9.17) is 0 Å². The Morgan fingerprint density at radius 1 is 1.31 bits per heavy atom. The second kappa shape index (κ2) is 5.09. The lowest BCUT2D eigenvalue weighted by Gasteiger charge is -2.26. The fourth-order valence-corrected chi connectivity index (χ4v) is 1.92. The lowest BCUT2D eigenvalue weighted by Crippen LogP contribution is -2.49. The Labute approximate surface area is 95.2 Å². The van der Waals surface area contributed by atoms with Gasteiger partial charge in [0.15, 0.2) is 11.8 Å². The largest absolute Gasteiger partial charge is 0.325 e. The molecular weight excluding hydrogens is 208 g/mol. The summed E-state index contributed by atoms with van der Waals surface area (Å²) in [5.74, 6) is -0.494. The number of urea groups is 1. The summed E-state index contributed by atoms with van der Waals surface area (Å²) in [6, 6.07) is -0.493. The van der Waals surface area contributed by atoms with E-state index in [-0.39, 0.29) is 0 Å². The highest BCUT2D eigenvalue weighted by Crippen LogP contribution is 2.24. The predicted octanol–water partition coefficient (Wildman–Crippen LogP) is 1.08. The van der Waals surface area contributed by atoms with Gasteiger partial charge in [0.1, 0.15) is 0 Å². The zero-order chi connectivity index (χ0) is 12.2. The average Bonchev–Trinajstić information content (AvgIpc) is 2.48. The number of rotatable bonds is 6. The molecule has 0 radical (unpaired) electrons. The topological polar surface area (TPSA) is 66.5 Å². The quantitative estimate of drug-likeness (QED) is 0.319. The SMILES string of the molecule is CCCCCC[C@]1(C=O)C(=O)NC(=O)N1C. The zero-order valence-corrected chi connectivity index (χ0v) is 9.78. The summed E-state index contributed by atoms with van der Waals surface area (Å²) in [6.07, 6.45) is 4.91. The number of likely N-dealkylation sites (N-methyl/N-ethyl adjacent to an activating group) is 1. The van der Waals surface area contributed by atoms with Crippen LogP contribution in [0.2, 0.25) is 0 Å². The van der Waals surface area contributed by atoms with Gasteiger partial charge < -0.3 is 9.69 Å². The minimum absolute atomic E-state index is 0.407. The Balaban J connectivity index is 2.66. The first-order valence-corrected chi connectivity index (χ1v) is 5.64. The average molecular weight is 226 g/mol. The number of carbonyl (C=O) groups excluding carboxylic acids is 3. The van der Waals surface area contributed by atoms with Crippen molar-refractivity contribution in [2.45, 2.75) is 44.6 Å². The van der Waals surface area contributed by atoms with E-state index in [9.17, 15) is 14.4 Å². The standard InChI is InChI=1S/C11H18N2O3/c1-3-4-5-6-7-11(8-14)9(15)12-10(16)13(11)2/h8H,3-7H2,1-2H3,(H,12,15,16)/t11-/m0/s1. The van der Waals surface area contributed by atoms with E-state index in [0.717, 1.165) is 25.7 Å². The summed E-state index contributed by atoms with van der Waals surface area (Å²) in [6.45, 7) is 2.09. The molecule has 0 aliphatic carbocycles. The van der Waals surface area contributed by atoms with Crippen LogP contribution in [0.4, 0.5) is 4.79 Å². The minimum Gasteiger partial charge on any atom is -0.306 e. The third kappa shape index (κ3) is 2.08. The van der Waals surface area contributed by atoms with Crippen LogP contribution in [0.1, 0.15) is 39.0 Å². The smallest absolute Gasteiger partial charge is 0.306 e. The summed E-state index contributed by atoms with van der Waals surface area (Å²) in [5, 5.41) is 2.17. The molecule has 16 heavy (non-hydrogen) atoms. The highest BCUT2D eigenvalue weighted by molar-refractivity contribution is 6.15. The molecule has 1 aliphatic rings. The van der Waals surface area contributed by atoms with Gasteiger partial charge in [-0.25, -0.2) is 4.79 Å². The first kappa shape index (κ1) is 12.7. The molecule has 1 atom stereocenters. The van der Waals surface area contributed by atoms with Crippen LogP contribution in [0.5, 0.6) is 0 Å². The van der Waals surface area contributed by atoms with E-state index < -0.39 is 17.5 Å². The Kier molecular flexibility index (Phi) is 4.04. The first-order valence-electron chi connectivity index (χ1n) is 5.64. The molecule has 0 aromatic rings. The van der Waals surface area contributed by atoms with Gasteiger partial charge in [0.05, 0.1) is 0 Å². The van der Waals surface area contributed by atoms with Crippen molar-refractivity contribution in [2.75, 3.05) is 7.05 Å². The fourth-order valence-electron chi connectivity index (χ4n) is 1.92. The number of carbonyl (C=O) groups is 3. The van der Waals surface area contributed by atoms with E-state index in [2.05, 4.69) is 12.2 Å². The summed E-state index contributed by atoms with van der Waals surface area (Å²) < 4.78 is 0. The number of amides is 3. The van der Waals surface area contributed by atoms with Crippen LogP contribution >= 0.6 is 0 Å². The molecule has 0 spiro atoms. The molecule has 1 aliphatic heterocycles. The summed E-state index contributed by atoms with van der Waals surface area (Å²) in [5.41, 5.74) is -1.27. The van der Waals surface area contributed by atoms with E-state index in [1.165, 1.54) is 11.9 Å². The molecule has 0 unspecified atom stereocenters. The molecule has 3 amide bonds. The molecule has 1 rings (SSSR count). The summed E-state index contributed by atoms with van der Waals surface area (Å²) >= 11 is 0. The minimum atomic E-state index is -1.27. The number of aldehydes is 1. The van der Waals surface area contributed by atoms with Gasteiger partial charge in [0.25, 0.3) is 5.91 Å². The van der Waals surface area contributed by atoms with E-state index in [1.807, 2.05) is 0 Å². The van der Waals surface area contributed by atoms with Crippen molar-refractivity contribution in [1.29, 1.82) is 0 Å². The van der Waals surface area contributed by atoms with Crippen molar-refractivity contribution in [2.24, 2.45) is 0 Å². The molecule has 0 saturated carbocycles. The van der Waals surface area contributed by atoms with Crippen LogP contribution < -0.4 is 5.32 Å². The van der Waals surface area contributed by atoms with Crippen molar-refractivity contribution in [1.82, 2.24) is 10.2 Å². The molecule has 5 nitrogen and oxygen atoms in total. The monoisotopic (exact) mass is 226 g/mol. The third-order valence-electron chi connectivity index (χ3n) is 3.12. The van der Waals surface area contributed by atoms with Crippen LogP contribution in [0.25, 0.3) is 0 Å². The van der Waals surface area contributed by atoms with Crippen LogP contribution in [-0.4, -0.2) is 35.7 Å². The normalized spacial score (nSPS) is 24.8. The molecule has 5 heteroatoms. The second-order valence-electron chi connectivity index (χ2n) is 4.17. The molecular formula is C11H18N2O3. The summed E-state index contributed by atoms with van der Waals surface area (Å²) in [7, 11) is 1.48. The summed E-state index contributed by atoms with van der Waals surface area (Å²) in [4.78, 5) is 35.2. The maximum atomic E-state index is 11.6. The molecule has 0 aromatic carbocycles. The van der Waals surface area contributed by atoms with Gasteiger partial charge >= 0.3 is 6.03 Å². The number of unbranched alkanes of at least 4 members (excludes halogenated alkanes) is 3. The Hall–Kier alpha value is -1.39. The van der Waals surface area contributed by atoms with Gasteiger partial charge in [-0.05, 0) is 6.42 Å². The van der Waals surface area contributed by atoms with Gasteiger partial charge in [0.2, 0.25) is 0 Å². The maximum Gasteiger partial charge on any atom is 0.325 e. The van der Waals surface area contributed by atoms with Gasteiger partial charge in [-0.15, -0.1) is 0 Å². The van der Waals surface area contributed by atoms with Gasteiger partial charge in [-0.3, -0.25) is 10.1 Å². The van der Waals surface area contributed by atoms with Crippen molar-refractivity contribution in [3.63, 3.8) is 0 Å². The molecule has 0 aromatic heterocycles. The highest BCUT2D eigenvalue weighted by atomic mass is 16.2. The number of hydrogen-bond acceptors (Lipinski definition) is 3. The van der Waals surface area contributed by atoms with Crippen LogP contribution in [0.15, 0.2) is 0 Å². The molecule has 1 heterocycles. The number of imide groups is 1. The zero-order valence-electron chi connectivity index (χ0n) is 9.78. The van der Waals surface area contributed by atoms with Crippen molar-refractivity contribution in [3.8, 4) is 0 Å². The first-order chi connectivity index (χ1) is 7.58. The Morgan fingerprint density at radius 2 is 2.00 bits per heavy atom. The van der Waals surface area contributed by atoms with Gasteiger partial charge in [-0.2, -0.15) is 0 Å². The van der Waals surface area contributed by atoms with Crippen LogP contribution in [-0.2, 0) is 9.59 Å². The van der Waals surface area contributed by atoms with Crippen molar-refractivity contribution >= 4 is 18.2 Å². The number of nitrogens with zero attached hydrogens (tertiary/aromatic N) is 1. The second-order valence-corrected chi connectivity index (χ2v) is 4.17. The fraction of sp³-hybridized carbons (Fsp3) is 0.727. The maximum absolute atomic E-state index is 11.6. The van der Waals surface area contributed by atoms with E-state index >= 15 is 0 Å². The number of nitrogens with one attached hydrogen (secondary N) is 1. The van der Waals surface area contributed by atoms with Crippen molar-refractivity contribution in [3.05, 3.63) is 0 Å². The number of hydrogen-bond donors (Lipinski definition) is 1. The Bertz CT molecular complexity index is 304. The molecule has 90 valence electrons.